The first-order valence-corrected chi connectivity index (χ1v) is 12.4. The molecule has 1 aromatic rings. The van der Waals surface area contributed by atoms with Gasteiger partial charge in [0.2, 0.25) is 0 Å². The molecule has 0 aliphatic heterocycles. The van der Waals surface area contributed by atoms with E-state index in [9.17, 15) is 9.59 Å². The summed E-state index contributed by atoms with van der Waals surface area (Å²) in [5.41, 5.74) is 3.64. The molecular weight excluding hydrogens is 402 g/mol. The Morgan fingerprint density at radius 3 is 2.66 bits per heavy atom. The van der Waals surface area contributed by atoms with Gasteiger partial charge in [-0.1, -0.05) is 25.5 Å². The number of carbonyl (C=O) groups excluding carboxylic acids is 2. The summed E-state index contributed by atoms with van der Waals surface area (Å²) < 4.78 is 7.72. The number of ether oxygens (including phenoxy) is 1. The summed E-state index contributed by atoms with van der Waals surface area (Å²) in [6.45, 7) is 4.80. The SMILES string of the molecule is C[C@]12CC[C@H](OC(=O)C3CC3)CC1=CC[C@@H]1[C@@H]2CC[C@]2(C)C(n3cncn3)=C(C=O)C[C@@H]12. The quantitative estimate of drug-likeness (QED) is 0.393. The van der Waals surface area contributed by atoms with Gasteiger partial charge in [0.25, 0.3) is 0 Å². The molecule has 6 rings (SSSR count). The lowest BCUT2D eigenvalue weighted by Crippen LogP contribution is -2.50. The molecule has 0 amide bonds. The maximum atomic E-state index is 12.2. The van der Waals surface area contributed by atoms with E-state index < -0.39 is 0 Å². The number of fused-ring (bicyclic) bond motifs is 5. The summed E-state index contributed by atoms with van der Waals surface area (Å²) in [7, 11) is 0. The molecule has 0 spiro atoms. The zero-order chi connectivity index (χ0) is 22.1. The number of rotatable bonds is 4. The van der Waals surface area contributed by atoms with Crippen LogP contribution in [0.3, 0.4) is 0 Å². The highest BCUT2D eigenvalue weighted by atomic mass is 16.5. The Kier molecular flexibility index (Phi) is 4.54. The molecule has 0 unspecified atom stereocenters. The van der Waals surface area contributed by atoms with Crippen molar-refractivity contribution in [3.05, 3.63) is 29.9 Å². The summed E-state index contributed by atoms with van der Waals surface area (Å²) in [4.78, 5) is 28.4. The third-order valence-electron chi connectivity index (χ3n) is 9.72. The van der Waals surface area contributed by atoms with Crippen molar-refractivity contribution in [3.8, 4) is 0 Å². The van der Waals surface area contributed by atoms with Crippen LogP contribution in [-0.4, -0.2) is 33.1 Å². The van der Waals surface area contributed by atoms with Gasteiger partial charge in [-0.05, 0) is 74.5 Å². The Hall–Kier alpha value is -2.24. The van der Waals surface area contributed by atoms with E-state index in [2.05, 4.69) is 30.0 Å². The van der Waals surface area contributed by atoms with Gasteiger partial charge in [-0.2, -0.15) is 5.10 Å². The normalized spacial score (nSPS) is 40.8. The minimum atomic E-state index is -0.0379. The molecule has 5 aliphatic carbocycles. The monoisotopic (exact) mass is 435 g/mol. The van der Waals surface area contributed by atoms with Crippen LogP contribution in [0.25, 0.3) is 5.70 Å². The summed E-state index contributed by atoms with van der Waals surface area (Å²) >= 11 is 0. The summed E-state index contributed by atoms with van der Waals surface area (Å²) in [5.74, 6) is 1.86. The molecule has 6 atom stereocenters. The Balaban J connectivity index is 1.26. The van der Waals surface area contributed by atoms with Crippen LogP contribution in [-0.2, 0) is 14.3 Å². The van der Waals surface area contributed by atoms with E-state index in [1.165, 1.54) is 12.0 Å². The molecule has 0 N–H and O–H groups in total. The highest BCUT2D eigenvalue weighted by Crippen LogP contribution is 2.66. The lowest BCUT2D eigenvalue weighted by Gasteiger charge is -2.57. The van der Waals surface area contributed by atoms with Gasteiger partial charge in [0, 0.05) is 17.4 Å². The molecule has 6 heteroatoms. The largest absolute Gasteiger partial charge is 0.462 e. The van der Waals surface area contributed by atoms with Crippen molar-refractivity contribution >= 4 is 18.0 Å². The molecule has 0 bridgehead atoms. The second kappa shape index (κ2) is 7.13. The lowest BCUT2D eigenvalue weighted by atomic mass is 9.48. The van der Waals surface area contributed by atoms with E-state index in [1.54, 1.807) is 12.7 Å². The molecule has 3 fully saturated rings. The van der Waals surface area contributed by atoms with E-state index >= 15 is 0 Å². The molecule has 32 heavy (non-hydrogen) atoms. The van der Waals surface area contributed by atoms with Gasteiger partial charge >= 0.3 is 5.97 Å². The number of aromatic nitrogens is 3. The molecule has 0 saturated heterocycles. The van der Waals surface area contributed by atoms with Crippen molar-refractivity contribution in [2.45, 2.75) is 77.7 Å². The molecule has 6 nitrogen and oxygen atoms in total. The minimum absolute atomic E-state index is 0.0281. The van der Waals surface area contributed by atoms with Gasteiger partial charge in [-0.25, -0.2) is 9.67 Å². The second-order valence-electron chi connectivity index (χ2n) is 11.3. The van der Waals surface area contributed by atoms with Crippen molar-refractivity contribution < 1.29 is 14.3 Å². The number of nitrogens with zero attached hydrogens (tertiary/aromatic N) is 3. The zero-order valence-corrected chi connectivity index (χ0v) is 19.1. The van der Waals surface area contributed by atoms with Crippen LogP contribution in [0.2, 0.25) is 0 Å². The molecule has 3 saturated carbocycles. The van der Waals surface area contributed by atoms with Crippen LogP contribution < -0.4 is 0 Å². The van der Waals surface area contributed by atoms with E-state index in [0.717, 1.165) is 68.9 Å². The minimum Gasteiger partial charge on any atom is -0.462 e. The predicted octanol–water partition coefficient (Wildman–Crippen LogP) is 4.58. The van der Waals surface area contributed by atoms with Crippen molar-refractivity contribution in [1.29, 1.82) is 0 Å². The first-order chi connectivity index (χ1) is 15.4. The number of carbonyl (C=O) groups is 2. The third kappa shape index (κ3) is 2.90. The fourth-order valence-electron chi connectivity index (χ4n) is 7.84. The Morgan fingerprint density at radius 2 is 1.94 bits per heavy atom. The van der Waals surface area contributed by atoms with Crippen LogP contribution in [0.5, 0.6) is 0 Å². The van der Waals surface area contributed by atoms with Gasteiger partial charge in [-0.15, -0.1) is 0 Å². The van der Waals surface area contributed by atoms with E-state index in [0.29, 0.717) is 17.8 Å². The van der Waals surface area contributed by atoms with Crippen LogP contribution in [0.15, 0.2) is 29.9 Å². The Labute approximate surface area is 189 Å². The van der Waals surface area contributed by atoms with E-state index in [4.69, 9.17) is 4.74 Å². The van der Waals surface area contributed by atoms with E-state index in [-0.39, 0.29) is 28.8 Å². The van der Waals surface area contributed by atoms with Crippen LogP contribution >= 0.6 is 0 Å². The summed E-state index contributed by atoms with van der Waals surface area (Å²) in [5, 5.41) is 4.40. The third-order valence-corrected chi connectivity index (χ3v) is 9.72. The standard InChI is InChI=1S/C26H33N3O3/c1-25-9-7-19(32-24(31)16-3-4-16)12-18(25)5-6-20-21(25)8-10-26(2)22(20)11-17(13-30)23(26)29-15-27-14-28-29/h5,13-16,19-22H,3-4,6-12H2,1-2H3/t19-,20+,21-,22-,25-,26-/m0/s1. The fourth-order valence-corrected chi connectivity index (χ4v) is 7.84. The number of esters is 1. The number of hydrogen-bond donors (Lipinski definition) is 0. The summed E-state index contributed by atoms with van der Waals surface area (Å²) in [6.07, 6.45) is 16.0. The predicted molar refractivity (Wildman–Crippen MR) is 119 cm³/mol. The van der Waals surface area contributed by atoms with Crippen LogP contribution in [0.4, 0.5) is 0 Å². The maximum absolute atomic E-state index is 12.2. The van der Waals surface area contributed by atoms with Gasteiger partial charge in [0.15, 0.2) is 0 Å². The maximum Gasteiger partial charge on any atom is 0.309 e. The zero-order valence-electron chi connectivity index (χ0n) is 19.1. The van der Waals surface area contributed by atoms with Crippen molar-refractivity contribution in [1.82, 2.24) is 14.8 Å². The van der Waals surface area contributed by atoms with Gasteiger partial charge in [0.1, 0.15) is 25.0 Å². The van der Waals surface area contributed by atoms with Crippen molar-refractivity contribution in [2.75, 3.05) is 0 Å². The van der Waals surface area contributed by atoms with Crippen LogP contribution in [0.1, 0.15) is 71.6 Å². The lowest BCUT2D eigenvalue weighted by molar-refractivity contribution is -0.153. The molecule has 170 valence electrons. The van der Waals surface area contributed by atoms with Crippen LogP contribution in [0, 0.1) is 34.5 Å². The van der Waals surface area contributed by atoms with Gasteiger partial charge in [-0.3, -0.25) is 9.59 Å². The smallest absolute Gasteiger partial charge is 0.309 e. The molecular formula is C26H33N3O3. The van der Waals surface area contributed by atoms with Gasteiger partial charge < -0.3 is 4.74 Å². The van der Waals surface area contributed by atoms with Crippen molar-refractivity contribution in [3.63, 3.8) is 0 Å². The summed E-state index contributed by atoms with van der Waals surface area (Å²) in [6, 6.07) is 0. The topological polar surface area (TPSA) is 74.1 Å². The van der Waals surface area contributed by atoms with Gasteiger partial charge in [0.05, 0.1) is 11.6 Å². The molecule has 5 aliphatic rings. The second-order valence-corrected chi connectivity index (χ2v) is 11.3. The first kappa shape index (κ1) is 20.4. The fraction of sp³-hybridized carbons (Fsp3) is 0.692. The number of allylic oxidation sites excluding steroid dienone is 3. The van der Waals surface area contributed by atoms with E-state index in [1.807, 2.05) is 4.68 Å². The highest BCUT2D eigenvalue weighted by molar-refractivity contribution is 5.86. The number of aldehydes is 1. The average molecular weight is 436 g/mol. The Bertz CT molecular complexity index is 1010. The average Bonchev–Trinajstić information content (AvgIpc) is 3.41. The Morgan fingerprint density at radius 1 is 1.12 bits per heavy atom. The molecule has 1 aromatic heterocycles. The number of hydrogen-bond acceptors (Lipinski definition) is 5. The molecule has 1 heterocycles. The highest BCUT2D eigenvalue weighted by Gasteiger charge is 2.58. The van der Waals surface area contributed by atoms with Crippen molar-refractivity contribution in [2.24, 2.45) is 34.5 Å². The first-order valence-electron chi connectivity index (χ1n) is 12.4. The molecule has 0 radical (unpaired) electrons. The molecule has 0 aromatic carbocycles.